The van der Waals surface area contributed by atoms with Crippen molar-refractivity contribution in [2.75, 3.05) is 36.5 Å². The van der Waals surface area contributed by atoms with E-state index in [0.29, 0.717) is 18.7 Å². The van der Waals surface area contributed by atoms with E-state index in [9.17, 15) is 23.6 Å². The molecular weight excluding hydrogens is 511 g/mol. The molecule has 2 atom stereocenters. The maximum Gasteiger partial charge on any atom is 0.410 e. The Balaban J connectivity index is 1.46. The number of rotatable bonds is 5. The van der Waals surface area contributed by atoms with E-state index in [1.54, 1.807) is 24.0 Å². The highest BCUT2D eigenvalue weighted by Crippen LogP contribution is 2.50. The van der Waals surface area contributed by atoms with Crippen molar-refractivity contribution < 1.29 is 28.3 Å². The molecule has 5 rings (SSSR count). The number of benzene rings is 2. The van der Waals surface area contributed by atoms with Crippen molar-refractivity contribution in [2.24, 2.45) is 5.92 Å². The number of carbonyl (C=O) groups excluding carboxylic acids is 4. The third-order valence-electron chi connectivity index (χ3n) is 6.84. The first kappa shape index (κ1) is 25.8. The van der Waals surface area contributed by atoms with Gasteiger partial charge in [-0.15, -0.1) is 11.8 Å². The monoisotopic (exact) mass is 538 g/mol. The number of thioether (sulfide) groups is 1. The lowest BCUT2D eigenvalue weighted by Gasteiger charge is -2.42. The summed E-state index contributed by atoms with van der Waals surface area (Å²) in [6, 6.07) is 11.8. The number of para-hydroxylation sites is 1. The summed E-state index contributed by atoms with van der Waals surface area (Å²) in [5, 5.41) is 2.21. The zero-order valence-electron chi connectivity index (χ0n) is 21.0. The van der Waals surface area contributed by atoms with Crippen LogP contribution in [0.2, 0.25) is 0 Å². The Bertz CT molecular complexity index is 1330. The van der Waals surface area contributed by atoms with Gasteiger partial charge < -0.3 is 19.9 Å². The summed E-state index contributed by atoms with van der Waals surface area (Å²) in [5.41, 5.74) is 2.59. The van der Waals surface area contributed by atoms with E-state index in [1.807, 2.05) is 19.1 Å². The largest absolute Gasteiger partial charge is 0.450 e. The van der Waals surface area contributed by atoms with Gasteiger partial charge in [-0.1, -0.05) is 18.2 Å². The Morgan fingerprint density at radius 2 is 1.87 bits per heavy atom. The van der Waals surface area contributed by atoms with Gasteiger partial charge in [-0.25, -0.2) is 18.9 Å². The van der Waals surface area contributed by atoms with Crippen LogP contribution in [0.5, 0.6) is 0 Å². The second-order valence-electron chi connectivity index (χ2n) is 9.23. The summed E-state index contributed by atoms with van der Waals surface area (Å²) in [4.78, 5) is 57.8. The minimum Gasteiger partial charge on any atom is -0.450 e. The van der Waals surface area contributed by atoms with Crippen molar-refractivity contribution in [3.05, 3.63) is 70.4 Å². The number of halogens is 1. The van der Waals surface area contributed by atoms with Crippen LogP contribution in [0.15, 0.2) is 59.0 Å². The van der Waals surface area contributed by atoms with Crippen LogP contribution >= 0.6 is 11.8 Å². The van der Waals surface area contributed by atoms with Crippen molar-refractivity contribution in [3.8, 4) is 0 Å². The van der Waals surface area contributed by atoms with E-state index < -0.39 is 41.0 Å². The first-order valence-corrected chi connectivity index (χ1v) is 13.2. The quantitative estimate of drug-likeness (QED) is 0.608. The van der Waals surface area contributed by atoms with Crippen LogP contribution in [0.25, 0.3) is 0 Å². The number of imide groups is 1. The van der Waals surface area contributed by atoms with Gasteiger partial charge in [0.2, 0.25) is 11.8 Å². The molecule has 0 saturated carbocycles. The fraction of sp³-hybridized carbons (Fsp3) is 0.333. The maximum absolute atomic E-state index is 13.8. The molecule has 198 valence electrons. The number of anilines is 2. The molecule has 0 spiro atoms. The highest BCUT2D eigenvalue weighted by Gasteiger charge is 2.54. The summed E-state index contributed by atoms with van der Waals surface area (Å²) < 4.78 is 18.8. The predicted molar refractivity (Wildman–Crippen MR) is 141 cm³/mol. The molecule has 2 aromatic rings. The molecule has 3 aliphatic rings. The van der Waals surface area contributed by atoms with Gasteiger partial charge in [0.1, 0.15) is 12.4 Å². The highest BCUT2D eigenvalue weighted by atomic mass is 32.2. The molecule has 0 bridgehead atoms. The minimum atomic E-state index is -0.687. The number of urea groups is 1. The summed E-state index contributed by atoms with van der Waals surface area (Å²) in [6.07, 6.45) is 0.0160. The molecule has 0 aromatic heterocycles. The lowest BCUT2D eigenvalue weighted by molar-refractivity contribution is -0.124. The Hall–Kier alpha value is -3.86. The smallest absolute Gasteiger partial charge is 0.410 e. The summed E-state index contributed by atoms with van der Waals surface area (Å²) in [6.45, 7) is 4.23. The molecule has 1 saturated heterocycles. The first-order valence-electron chi connectivity index (χ1n) is 12.3. The van der Waals surface area contributed by atoms with E-state index in [0.717, 1.165) is 20.9 Å². The van der Waals surface area contributed by atoms with Crippen LogP contribution in [0, 0.1) is 18.7 Å². The van der Waals surface area contributed by atoms with E-state index in [2.05, 4.69) is 5.32 Å². The molecule has 3 aliphatic heterocycles. The molecular formula is C27H27FN4O5S. The van der Waals surface area contributed by atoms with Crippen LogP contribution in [-0.2, 0) is 14.3 Å². The second-order valence-corrected chi connectivity index (χ2v) is 10.4. The van der Waals surface area contributed by atoms with E-state index in [1.165, 1.54) is 40.9 Å². The average Bonchev–Trinajstić information content (AvgIpc) is 3.28. The van der Waals surface area contributed by atoms with Gasteiger partial charge in [0.05, 0.1) is 30.1 Å². The van der Waals surface area contributed by atoms with E-state index in [4.69, 9.17) is 4.74 Å². The van der Waals surface area contributed by atoms with Gasteiger partial charge in [0.15, 0.2) is 0 Å². The van der Waals surface area contributed by atoms with Crippen molar-refractivity contribution in [1.29, 1.82) is 0 Å². The van der Waals surface area contributed by atoms with Gasteiger partial charge in [0, 0.05) is 17.1 Å². The molecule has 9 nitrogen and oxygen atoms in total. The number of ether oxygens (including phenoxy) is 1. The molecule has 11 heteroatoms. The Kier molecular flexibility index (Phi) is 7.11. The number of amides is 5. The highest BCUT2D eigenvalue weighted by molar-refractivity contribution is 8.04. The van der Waals surface area contributed by atoms with Crippen molar-refractivity contribution >= 4 is 47.1 Å². The zero-order valence-corrected chi connectivity index (χ0v) is 21.8. The molecule has 3 heterocycles. The lowest BCUT2D eigenvalue weighted by atomic mass is 9.90. The van der Waals surface area contributed by atoms with Gasteiger partial charge in [-0.2, -0.15) is 0 Å². The molecule has 1 N–H and O–H groups in total. The number of hydrogen-bond acceptors (Lipinski definition) is 6. The van der Waals surface area contributed by atoms with Gasteiger partial charge >= 0.3 is 12.1 Å². The molecule has 2 unspecified atom stereocenters. The van der Waals surface area contributed by atoms with Crippen molar-refractivity contribution in [1.82, 2.24) is 9.80 Å². The lowest BCUT2D eigenvalue weighted by Crippen LogP contribution is -2.61. The summed E-state index contributed by atoms with van der Waals surface area (Å²) >= 11 is 1.33. The third-order valence-corrected chi connectivity index (χ3v) is 8.29. The number of carbonyl (C=O) groups is 4. The number of hydrogen-bond donors (Lipinski definition) is 1. The molecule has 0 aliphatic carbocycles. The average molecular weight is 539 g/mol. The van der Waals surface area contributed by atoms with Crippen LogP contribution in [0.1, 0.15) is 18.9 Å². The van der Waals surface area contributed by atoms with Crippen molar-refractivity contribution in [3.63, 3.8) is 0 Å². The summed E-state index contributed by atoms with van der Waals surface area (Å²) in [5.74, 6) is -2.01. The molecule has 0 radical (unpaired) electrons. The van der Waals surface area contributed by atoms with Crippen LogP contribution in [0.4, 0.5) is 25.4 Å². The van der Waals surface area contributed by atoms with Crippen molar-refractivity contribution in [2.45, 2.75) is 25.6 Å². The number of aryl methyl sites for hydroxylation is 1. The van der Waals surface area contributed by atoms with Gasteiger partial charge in [-0.3, -0.25) is 9.59 Å². The molecule has 5 amide bonds. The van der Waals surface area contributed by atoms with Gasteiger partial charge in [-0.05, 0) is 61.7 Å². The Morgan fingerprint density at radius 1 is 1.13 bits per heavy atom. The van der Waals surface area contributed by atoms with Gasteiger partial charge in [0.25, 0.3) is 0 Å². The maximum atomic E-state index is 13.8. The first-order chi connectivity index (χ1) is 18.3. The fourth-order valence-corrected chi connectivity index (χ4v) is 6.59. The second kappa shape index (κ2) is 10.5. The standard InChI is InChI=1S/C27H27FN4O5S/c1-3-37-27(36)30-13-12-19-21(14-30)38-25-23(19)24(34)32(18-10-8-17(28)9-11-18)26(35)31(25)15-22(33)29-20-7-5-4-6-16(20)2/h4-11,23,25H,3,12-15H2,1-2H3,(H,29,33). The zero-order chi connectivity index (χ0) is 27.0. The molecule has 38 heavy (non-hydrogen) atoms. The Labute approximate surface area is 223 Å². The van der Waals surface area contributed by atoms with Crippen LogP contribution < -0.4 is 10.2 Å². The predicted octanol–water partition coefficient (Wildman–Crippen LogP) is 4.35. The van der Waals surface area contributed by atoms with Crippen LogP contribution in [0.3, 0.4) is 0 Å². The third kappa shape index (κ3) is 4.73. The molecule has 1 fully saturated rings. The molecule has 2 aromatic carbocycles. The SMILES string of the molecule is CCOC(=O)N1CCC2=C(C1)SC1C2C(=O)N(c2ccc(F)cc2)C(=O)N1CC(=O)Nc1ccccc1C. The summed E-state index contributed by atoms with van der Waals surface area (Å²) in [7, 11) is 0. The van der Waals surface area contributed by atoms with E-state index in [-0.39, 0.29) is 25.4 Å². The van der Waals surface area contributed by atoms with Crippen LogP contribution in [-0.4, -0.2) is 65.4 Å². The number of nitrogens with zero attached hydrogens (tertiary/aromatic N) is 3. The number of fused-ring (bicyclic) bond motifs is 2. The number of nitrogens with one attached hydrogen (secondary N) is 1. The topological polar surface area (TPSA) is 99.3 Å². The van der Waals surface area contributed by atoms with E-state index >= 15 is 0 Å². The minimum absolute atomic E-state index is 0.229. The fourth-order valence-electron chi connectivity index (χ4n) is 4.98. The normalized spacial score (nSPS) is 20.9. The Morgan fingerprint density at radius 3 is 2.58 bits per heavy atom.